The zero-order valence-corrected chi connectivity index (χ0v) is 19.3. The van der Waals surface area contributed by atoms with Crippen LogP contribution in [0.2, 0.25) is 0 Å². The SMILES string of the molecule is COc1cc2c(cc1OSc1cccc(F)c1)CC1c3ccc(OC)c(C)c3CCN1C2. The van der Waals surface area contributed by atoms with E-state index >= 15 is 0 Å². The third-order valence-electron chi connectivity index (χ3n) is 6.55. The second-order valence-electron chi connectivity index (χ2n) is 8.30. The predicted molar refractivity (Wildman–Crippen MR) is 124 cm³/mol. The zero-order valence-electron chi connectivity index (χ0n) is 18.5. The van der Waals surface area contributed by atoms with Gasteiger partial charge in [0.2, 0.25) is 0 Å². The summed E-state index contributed by atoms with van der Waals surface area (Å²) in [5.41, 5.74) is 6.60. The molecule has 3 aromatic carbocycles. The van der Waals surface area contributed by atoms with Crippen LogP contribution in [-0.2, 0) is 19.4 Å². The number of hydrogen-bond acceptors (Lipinski definition) is 5. The van der Waals surface area contributed by atoms with Gasteiger partial charge in [-0.2, -0.15) is 0 Å². The van der Waals surface area contributed by atoms with Crippen molar-refractivity contribution in [2.45, 2.75) is 37.2 Å². The van der Waals surface area contributed by atoms with Crippen molar-refractivity contribution >= 4 is 12.0 Å². The summed E-state index contributed by atoms with van der Waals surface area (Å²) < 4.78 is 30.7. The van der Waals surface area contributed by atoms with Crippen LogP contribution in [0.1, 0.15) is 33.9 Å². The molecule has 2 aliphatic rings. The second kappa shape index (κ2) is 8.68. The lowest BCUT2D eigenvalue weighted by atomic mass is 9.82. The fraction of sp³-hybridized carbons (Fsp3) is 0.308. The lowest BCUT2D eigenvalue weighted by Gasteiger charge is -2.42. The van der Waals surface area contributed by atoms with Crippen molar-refractivity contribution in [3.05, 3.63) is 82.2 Å². The van der Waals surface area contributed by atoms with Gasteiger partial charge in [0.05, 0.1) is 31.2 Å². The van der Waals surface area contributed by atoms with Crippen LogP contribution in [0, 0.1) is 12.7 Å². The third-order valence-corrected chi connectivity index (χ3v) is 7.26. The molecule has 0 amide bonds. The zero-order chi connectivity index (χ0) is 22.2. The van der Waals surface area contributed by atoms with Gasteiger partial charge in [-0.3, -0.25) is 4.90 Å². The Morgan fingerprint density at radius 2 is 1.78 bits per heavy atom. The number of nitrogens with zero attached hydrogens (tertiary/aromatic N) is 1. The highest BCUT2D eigenvalue weighted by Crippen LogP contribution is 2.44. The van der Waals surface area contributed by atoms with Gasteiger partial charge in [0.25, 0.3) is 0 Å². The van der Waals surface area contributed by atoms with Crippen LogP contribution in [0.15, 0.2) is 53.4 Å². The standard InChI is InChI=1S/C26H26FNO3S/c1-16-21-9-10-28-15-18-13-25(30-3)26(31-32-20-6-4-5-19(27)14-20)12-17(18)11-23(28)22(21)7-8-24(16)29-2/h4-8,12-14,23H,9-11,15H2,1-3H3. The minimum absolute atomic E-state index is 0.279. The molecule has 1 atom stereocenters. The highest BCUT2D eigenvalue weighted by Gasteiger charge is 2.34. The van der Waals surface area contributed by atoms with Gasteiger partial charge >= 0.3 is 0 Å². The molecular weight excluding hydrogens is 425 g/mol. The predicted octanol–water partition coefficient (Wildman–Crippen LogP) is 5.89. The van der Waals surface area contributed by atoms with Crippen LogP contribution in [0.25, 0.3) is 0 Å². The molecule has 6 heteroatoms. The molecule has 0 saturated carbocycles. The van der Waals surface area contributed by atoms with Gasteiger partial charge in [0.15, 0.2) is 11.5 Å². The summed E-state index contributed by atoms with van der Waals surface area (Å²) in [5, 5.41) is 0. The first-order valence-corrected chi connectivity index (χ1v) is 11.5. The molecule has 0 saturated heterocycles. The van der Waals surface area contributed by atoms with Crippen LogP contribution < -0.4 is 13.7 Å². The molecular formula is C26H26FNO3S. The van der Waals surface area contributed by atoms with Crippen molar-refractivity contribution in [2.75, 3.05) is 20.8 Å². The van der Waals surface area contributed by atoms with Crippen molar-refractivity contribution in [3.8, 4) is 17.2 Å². The van der Waals surface area contributed by atoms with Crippen LogP contribution in [0.3, 0.4) is 0 Å². The molecule has 0 spiro atoms. The van der Waals surface area contributed by atoms with Crippen LogP contribution >= 0.6 is 12.0 Å². The summed E-state index contributed by atoms with van der Waals surface area (Å²) in [6.07, 6.45) is 1.95. The number of benzene rings is 3. The highest BCUT2D eigenvalue weighted by molar-refractivity contribution is 7.95. The van der Waals surface area contributed by atoms with Crippen molar-refractivity contribution in [2.24, 2.45) is 0 Å². The molecule has 4 nitrogen and oxygen atoms in total. The molecule has 1 unspecified atom stereocenters. The summed E-state index contributed by atoms with van der Waals surface area (Å²) in [6.45, 7) is 4.07. The molecule has 0 bridgehead atoms. The largest absolute Gasteiger partial charge is 0.496 e. The Labute approximate surface area is 192 Å². The van der Waals surface area contributed by atoms with Gasteiger partial charge in [0, 0.05) is 19.1 Å². The summed E-state index contributed by atoms with van der Waals surface area (Å²) in [4.78, 5) is 3.26. The Hall–Kier alpha value is -2.70. The Balaban J connectivity index is 1.44. The maximum absolute atomic E-state index is 13.5. The molecule has 0 N–H and O–H groups in total. The maximum atomic E-state index is 13.5. The Kier molecular flexibility index (Phi) is 5.74. The Morgan fingerprint density at radius 3 is 2.56 bits per heavy atom. The van der Waals surface area contributed by atoms with E-state index in [-0.39, 0.29) is 5.82 Å². The number of ether oxygens (including phenoxy) is 2. The highest BCUT2D eigenvalue weighted by atomic mass is 32.2. The fourth-order valence-corrected chi connectivity index (χ4v) is 5.51. The summed E-state index contributed by atoms with van der Waals surface area (Å²) in [7, 11) is 3.39. The number of hydrogen-bond donors (Lipinski definition) is 0. The number of fused-ring (bicyclic) bond motifs is 4. The normalized spacial score (nSPS) is 17.2. The number of halogens is 1. The average molecular weight is 452 g/mol. The van der Waals surface area contributed by atoms with E-state index in [4.69, 9.17) is 13.7 Å². The van der Waals surface area contributed by atoms with Crippen LogP contribution in [0.5, 0.6) is 17.2 Å². The van der Waals surface area contributed by atoms with E-state index in [0.717, 1.165) is 43.7 Å². The topological polar surface area (TPSA) is 30.9 Å². The van der Waals surface area contributed by atoms with E-state index in [1.165, 1.54) is 39.9 Å². The minimum atomic E-state index is -0.279. The fourth-order valence-electron chi connectivity index (χ4n) is 4.90. The monoisotopic (exact) mass is 451 g/mol. The van der Waals surface area contributed by atoms with Gasteiger partial charge in [-0.25, -0.2) is 4.39 Å². The average Bonchev–Trinajstić information content (AvgIpc) is 2.81. The smallest absolute Gasteiger partial charge is 0.179 e. The molecule has 3 aromatic rings. The van der Waals surface area contributed by atoms with E-state index in [2.05, 4.69) is 36.1 Å². The van der Waals surface area contributed by atoms with E-state index in [1.807, 2.05) is 6.07 Å². The Bertz CT molecular complexity index is 1170. The van der Waals surface area contributed by atoms with E-state index < -0.39 is 0 Å². The van der Waals surface area contributed by atoms with Crippen molar-refractivity contribution in [1.29, 1.82) is 0 Å². The first kappa shape index (κ1) is 21.2. The molecule has 2 heterocycles. The number of methoxy groups -OCH3 is 2. The molecule has 166 valence electrons. The van der Waals surface area contributed by atoms with Crippen molar-refractivity contribution in [3.63, 3.8) is 0 Å². The molecule has 0 fully saturated rings. The lowest BCUT2D eigenvalue weighted by molar-refractivity contribution is 0.160. The minimum Gasteiger partial charge on any atom is -0.496 e. The molecule has 5 rings (SSSR count). The third kappa shape index (κ3) is 3.82. The van der Waals surface area contributed by atoms with Gasteiger partial charge in [0.1, 0.15) is 11.6 Å². The molecule has 32 heavy (non-hydrogen) atoms. The number of rotatable bonds is 5. The van der Waals surface area contributed by atoms with E-state index in [9.17, 15) is 4.39 Å². The van der Waals surface area contributed by atoms with Crippen molar-refractivity contribution in [1.82, 2.24) is 4.90 Å². The molecule has 0 aliphatic carbocycles. The maximum Gasteiger partial charge on any atom is 0.179 e. The lowest BCUT2D eigenvalue weighted by Crippen LogP contribution is -2.39. The van der Waals surface area contributed by atoms with E-state index in [0.29, 0.717) is 22.4 Å². The van der Waals surface area contributed by atoms with E-state index in [1.54, 1.807) is 20.3 Å². The first-order chi connectivity index (χ1) is 15.6. The summed E-state index contributed by atoms with van der Waals surface area (Å²) in [6, 6.07) is 15.2. The first-order valence-electron chi connectivity index (χ1n) is 10.8. The quantitative estimate of drug-likeness (QED) is 0.451. The van der Waals surface area contributed by atoms with Gasteiger partial charge in [-0.05, 0) is 84.0 Å². The van der Waals surface area contributed by atoms with Crippen LogP contribution in [-0.4, -0.2) is 25.7 Å². The second-order valence-corrected chi connectivity index (χ2v) is 9.10. The van der Waals surface area contributed by atoms with Crippen molar-refractivity contribution < 1.29 is 18.0 Å². The molecule has 0 radical (unpaired) electrons. The summed E-state index contributed by atoms with van der Waals surface area (Å²) in [5.74, 6) is 2.04. The molecule has 2 aliphatic heterocycles. The Morgan fingerprint density at radius 1 is 0.969 bits per heavy atom. The van der Waals surface area contributed by atoms with Gasteiger partial charge < -0.3 is 13.7 Å². The van der Waals surface area contributed by atoms with Gasteiger partial charge in [-0.15, -0.1) is 0 Å². The molecule has 0 aromatic heterocycles. The van der Waals surface area contributed by atoms with Crippen LogP contribution in [0.4, 0.5) is 4.39 Å². The van der Waals surface area contributed by atoms with Gasteiger partial charge in [-0.1, -0.05) is 12.1 Å². The summed E-state index contributed by atoms with van der Waals surface area (Å²) >= 11 is 1.14.